The van der Waals surface area contributed by atoms with E-state index in [4.69, 9.17) is 9.47 Å². The number of hydrogen-bond acceptors (Lipinski definition) is 5. The summed E-state index contributed by atoms with van der Waals surface area (Å²) in [5, 5.41) is 0. The predicted molar refractivity (Wildman–Crippen MR) is 106 cm³/mol. The minimum atomic E-state index is -1.89. The van der Waals surface area contributed by atoms with Crippen molar-refractivity contribution in [3.8, 4) is 0 Å². The molecule has 27 heavy (non-hydrogen) atoms. The molecule has 0 N–H and O–H groups in total. The van der Waals surface area contributed by atoms with E-state index in [1.165, 1.54) is 13.2 Å². The maximum absolute atomic E-state index is 12.7. The molecule has 0 aromatic carbocycles. The number of esters is 1. The predicted octanol–water partition coefficient (Wildman–Crippen LogP) is 4.46. The van der Waals surface area contributed by atoms with E-state index < -0.39 is 23.1 Å². The third kappa shape index (κ3) is 4.38. The van der Waals surface area contributed by atoms with E-state index in [0.717, 1.165) is 18.9 Å². The molecule has 6 heteroatoms. The first-order valence-corrected chi connectivity index (χ1v) is 9.53. The van der Waals surface area contributed by atoms with Crippen LogP contribution in [0.5, 0.6) is 0 Å². The van der Waals surface area contributed by atoms with E-state index in [2.05, 4.69) is 35.9 Å². The number of allylic oxidation sites excluding steroid dienone is 6. The van der Waals surface area contributed by atoms with Crippen molar-refractivity contribution in [3.63, 3.8) is 0 Å². The van der Waals surface area contributed by atoms with E-state index in [9.17, 15) is 14.4 Å². The van der Waals surface area contributed by atoms with E-state index >= 15 is 0 Å². The first-order valence-electron chi connectivity index (χ1n) is 8.74. The molecule has 0 saturated carbocycles. The lowest BCUT2D eigenvalue weighted by Gasteiger charge is -2.32. The van der Waals surface area contributed by atoms with Gasteiger partial charge in [0, 0.05) is 12.5 Å². The maximum atomic E-state index is 12.7. The first kappa shape index (κ1) is 21.1. The molecule has 2 aliphatic rings. The second-order valence-corrected chi connectivity index (χ2v) is 7.63. The van der Waals surface area contributed by atoms with Crippen molar-refractivity contribution in [2.24, 2.45) is 5.92 Å². The first-order chi connectivity index (χ1) is 12.6. The molecule has 2 atom stereocenters. The molecule has 0 spiro atoms. The third-order valence-electron chi connectivity index (χ3n) is 4.49. The largest absolute Gasteiger partial charge is 0.464 e. The van der Waals surface area contributed by atoms with Crippen LogP contribution < -0.4 is 0 Å². The van der Waals surface area contributed by atoms with Gasteiger partial charge in [-0.15, -0.1) is 0 Å². The van der Waals surface area contributed by atoms with Crippen LogP contribution in [0.2, 0.25) is 0 Å². The summed E-state index contributed by atoms with van der Waals surface area (Å²) < 4.78 is 10.8. The summed E-state index contributed by atoms with van der Waals surface area (Å²) in [6.07, 6.45) is 9.83. The van der Waals surface area contributed by atoms with Crippen molar-refractivity contribution in [3.05, 3.63) is 57.5 Å². The summed E-state index contributed by atoms with van der Waals surface area (Å²) in [4.78, 5) is 36.7. The lowest BCUT2D eigenvalue weighted by molar-refractivity contribution is -0.167. The van der Waals surface area contributed by atoms with E-state index in [-0.39, 0.29) is 10.1 Å². The van der Waals surface area contributed by atoms with Crippen molar-refractivity contribution in [2.75, 3.05) is 0 Å². The minimum Gasteiger partial charge on any atom is -0.464 e. The van der Waals surface area contributed by atoms with Crippen LogP contribution in [0.15, 0.2) is 57.5 Å². The summed E-state index contributed by atoms with van der Waals surface area (Å²) >= 11 is 3.25. The Morgan fingerprint density at radius 3 is 2.59 bits per heavy atom. The number of halogens is 1. The molecule has 0 fully saturated rings. The van der Waals surface area contributed by atoms with Crippen molar-refractivity contribution < 1.29 is 23.9 Å². The Morgan fingerprint density at radius 1 is 1.33 bits per heavy atom. The van der Waals surface area contributed by atoms with Crippen LogP contribution in [0.3, 0.4) is 0 Å². The molecule has 2 rings (SSSR count). The number of carbonyl (C=O) groups excluding carboxylic acids is 3. The Labute approximate surface area is 167 Å². The second-order valence-electron chi connectivity index (χ2n) is 6.84. The highest BCUT2D eigenvalue weighted by atomic mass is 79.9. The number of rotatable bonds is 5. The van der Waals surface area contributed by atoms with Crippen molar-refractivity contribution >= 4 is 33.5 Å². The summed E-state index contributed by atoms with van der Waals surface area (Å²) in [6.45, 7) is 8.72. The Morgan fingerprint density at radius 2 is 2.00 bits per heavy atom. The molecule has 144 valence electrons. The monoisotopic (exact) mass is 434 g/mol. The molecule has 0 aromatic heterocycles. The third-order valence-corrected chi connectivity index (χ3v) is 5.27. The van der Waals surface area contributed by atoms with Gasteiger partial charge in [-0.2, -0.15) is 0 Å². The second kappa shape index (κ2) is 8.21. The van der Waals surface area contributed by atoms with Gasteiger partial charge in [-0.05, 0) is 47.8 Å². The molecule has 0 aromatic rings. The quantitative estimate of drug-likeness (QED) is 0.363. The van der Waals surface area contributed by atoms with E-state index in [1.807, 2.05) is 13.0 Å². The molecule has 0 saturated heterocycles. The number of fused-ring (bicyclic) bond motifs is 1. The standard InChI is InChI=1S/C21H23BrO5/c1-6-12(2)9-13(3)7-8-15-10-16-17(11-26-15)19(24)21(5,27-14(4)23)20(25)18(16)22/h7-12H,6H2,1-5H3/b8-7+,13-9+/t12-,21+/m0/s1. The Bertz CT molecular complexity index is 841. The lowest BCUT2D eigenvalue weighted by Crippen LogP contribution is -2.51. The summed E-state index contributed by atoms with van der Waals surface area (Å²) in [6, 6.07) is 0. The number of ether oxygens (including phenoxy) is 2. The Hall–Kier alpha value is -2.21. The van der Waals surface area contributed by atoms with Crippen LogP contribution in [-0.4, -0.2) is 23.1 Å². The molecule has 0 amide bonds. The fraction of sp³-hybridized carbons (Fsp3) is 0.381. The average molecular weight is 435 g/mol. The fourth-order valence-corrected chi connectivity index (χ4v) is 3.50. The van der Waals surface area contributed by atoms with Crippen LogP contribution >= 0.6 is 15.9 Å². The molecule has 5 nitrogen and oxygen atoms in total. The van der Waals surface area contributed by atoms with Crippen molar-refractivity contribution in [1.29, 1.82) is 0 Å². The van der Waals surface area contributed by atoms with Gasteiger partial charge < -0.3 is 9.47 Å². The lowest BCUT2D eigenvalue weighted by atomic mass is 9.80. The van der Waals surface area contributed by atoms with Crippen LogP contribution in [0, 0.1) is 5.92 Å². The van der Waals surface area contributed by atoms with Crippen LogP contribution in [-0.2, 0) is 23.9 Å². The van der Waals surface area contributed by atoms with Crippen molar-refractivity contribution in [1.82, 2.24) is 0 Å². The van der Waals surface area contributed by atoms with Crippen LogP contribution in [0.25, 0.3) is 0 Å². The van der Waals surface area contributed by atoms with Crippen LogP contribution in [0.1, 0.15) is 41.0 Å². The van der Waals surface area contributed by atoms with Gasteiger partial charge in [0.05, 0.1) is 10.1 Å². The molecule has 0 unspecified atom stereocenters. The summed E-state index contributed by atoms with van der Waals surface area (Å²) in [5.41, 5.74) is -0.187. The van der Waals surface area contributed by atoms with E-state index in [1.54, 1.807) is 12.2 Å². The van der Waals surface area contributed by atoms with E-state index in [0.29, 0.717) is 17.3 Å². The van der Waals surface area contributed by atoms with Crippen LogP contribution in [0.4, 0.5) is 0 Å². The minimum absolute atomic E-state index is 0.179. The molecular weight excluding hydrogens is 412 g/mol. The molecule has 0 radical (unpaired) electrons. The zero-order valence-electron chi connectivity index (χ0n) is 16.1. The number of ketones is 2. The normalized spacial score (nSPS) is 24.3. The number of Topliss-reactive ketones (excluding diaryl/α,β-unsaturated/α-hetero) is 2. The highest BCUT2D eigenvalue weighted by Gasteiger charge is 2.52. The molecule has 1 aliphatic carbocycles. The number of hydrogen-bond donors (Lipinski definition) is 0. The topological polar surface area (TPSA) is 69.7 Å². The molecule has 1 aliphatic heterocycles. The highest BCUT2D eigenvalue weighted by Crippen LogP contribution is 2.39. The van der Waals surface area contributed by atoms with Crippen molar-refractivity contribution in [2.45, 2.75) is 46.6 Å². The average Bonchev–Trinajstić information content (AvgIpc) is 2.62. The smallest absolute Gasteiger partial charge is 0.304 e. The zero-order valence-corrected chi connectivity index (χ0v) is 17.7. The Balaban J connectivity index is 2.36. The van der Waals surface area contributed by atoms with Gasteiger partial charge >= 0.3 is 5.97 Å². The fourth-order valence-electron chi connectivity index (χ4n) is 2.80. The van der Waals surface area contributed by atoms with Gasteiger partial charge in [0.15, 0.2) is 0 Å². The Kier molecular flexibility index (Phi) is 6.42. The number of carbonyl (C=O) groups is 3. The van der Waals surface area contributed by atoms with Gasteiger partial charge in [-0.25, -0.2) is 0 Å². The van der Waals surface area contributed by atoms with Gasteiger partial charge in [0.1, 0.15) is 12.0 Å². The SMILES string of the molecule is CC[C@H](C)/C=C(C)/C=C/C1=CC2=C(Br)C(=O)[C@](C)(OC(C)=O)C(=O)C2=CO1. The highest BCUT2D eigenvalue weighted by molar-refractivity contribution is 9.12. The van der Waals surface area contributed by atoms with Gasteiger partial charge in [-0.3, -0.25) is 14.4 Å². The molecule has 1 heterocycles. The molecule has 0 bridgehead atoms. The van der Waals surface area contributed by atoms with Gasteiger partial charge in [0.2, 0.25) is 17.2 Å². The molecular formula is C21H23BrO5. The van der Waals surface area contributed by atoms with Gasteiger partial charge in [-0.1, -0.05) is 38.0 Å². The zero-order chi connectivity index (χ0) is 20.4. The summed E-state index contributed by atoms with van der Waals surface area (Å²) in [7, 11) is 0. The summed E-state index contributed by atoms with van der Waals surface area (Å²) in [5.74, 6) is -0.925. The maximum Gasteiger partial charge on any atom is 0.304 e. The van der Waals surface area contributed by atoms with Gasteiger partial charge in [0.25, 0.3) is 0 Å².